The van der Waals surface area contributed by atoms with Crippen LogP contribution in [0.25, 0.3) is 0 Å². The van der Waals surface area contributed by atoms with Crippen LogP contribution in [-0.2, 0) is 17.6 Å². The Balaban J connectivity index is 1.54. The van der Waals surface area contributed by atoms with Crippen molar-refractivity contribution in [1.82, 2.24) is 15.2 Å². The number of nitrogens with one attached hydrogen (secondary N) is 2. The molecule has 0 bridgehead atoms. The van der Waals surface area contributed by atoms with Crippen LogP contribution in [0.4, 0.5) is 18.9 Å². The van der Waals surface area contributed by atoms with Gasteiger partial charge in [0.05, 0.1) is 22.0 Å². The Morgan fingerprint density at radius 1 is 1.23 bits per heavy atom. The Bertz CT molecular complexity index is 1070. The molecule has 0 spiro atoms. The second-order valence-corrected chi connectivity index (χ2v) is 7.95. The molecule has 0 radical (unpaired) electrons. The first-order chi connectivity index (χ1) is 14.6. The van der Waals surface area contributed by atoms with E-state index in [1.807, 2.05) is 32.0 Å². The molecule has 6 nitrogen and oxygen atoms in total. The van der Waals surface area contributed by atoms with Crippen molar-refractivity contribution in [3.05, 3.63) is 63.9 Å². The molecule has 31 heavy (non-hydrogen) atoms. The molecular weight excluding hydrogens is 453 g/mol. The summed E-state index contributed by atoms with van der Waals surface area (Å²) < 4.78 is 44.3. The molecule has 0 aliphatic heterocycles. The zero-order chi connectivity index (χ0) is 22.6. The van der Waals surface area contributed by atoms with Crippen molar-refractivity contribution in [2.75, 3.05) is 11.1 Å². The number of aryl methyl sites for hydroxylation is 2. The number of amides is 1. The van der Waals surface area contributed by atoms with E-state index in [-0.39, 0.29) is 23.1 Å². The van der Waals surface area contributed by atoms with Gasteiger partial charge in [0.2, 0.25) is 11.1 Å². The number of rotatable bonds is 7. The van der Waals surface area contributed by atoms with Gasteiger partial charge in [0.25, 0.3) is 0 Å². The number of alkyl halides is 3. The maximum absolute atomic E-state index is 12.8. The van der Waals surface area contributed by atoms with Gasteiger partial charge in [0.15, 0.2) is 5.82 Å². The molecule has 0 unspecified atom stereocenters. The van der Waals surface area contributed by atoms with Gasteiger partial charge in [-0.05, 0) is 43.2 Å². The number of hydrogen-bond donors (Lipinski definition) is 2. The number of aromatic amines is 1. The smallest absolute Gasteiger partial charge is 0.416 e. The number of H-pyrrole nitrogens is 1. The summed E-state index contributed by atoms with van der Waals surface area (Å²) >= 11 is 6.91. The summed E-state index contributed by atoms with van der Waals surface area (Å²) in [4.78, 5) is 16.4. The van der Waals surface area contributed by atoms with Gasteiger partial charge in [-0.3, -0.25) is 9.89 Å². The number of halogens is 4. The van der Waals surface area contributed by atoms with Crippen LogP contribution in [0, 0.1) is 13.8 Å². The SMILES string of the molecule is Cc1cccc(C)c1OCc1nc(SCC(=O)Nc2cc(C(F)(F)F)ccc2Cl)n[nH]1. The highest BCUT2D eigenvalue weighted by atomic mass is 35.5. The molecule has 0 fully saturated rings. The number of ether oxygens (including phenoxy) is 1. The standard InChI is InChI=1S/C20H18ClF3N4O2S/c1-11-4-3-5-12(2)18(11)30-9-16-26-19(28-27-16)31-10-17(29)25-15-8-13(20(22,23)24)6-7-14(15)21/h3-8H,9-10H2,1-2H3,(H,25,29)(H,26,27,28). The summed E-state index contributed by atoms with van der Waals surface area (Å²) in [6, 6.07) is 8.56. The summed E-state index contributed by atoms with van der Waals surface area (Å²) in [5.74, 6) is 0.600. The number of para-hydroxylation sites is 1. The zero-order valence-corrected chi connectivity index (χ0v) is 18.1. The molecule has 0 aliphatic rings. The van der Waals surface area contributed by atoms with Crippen LogP contribution in [0.2, 0.25) is 5.02 Å². The average Bonchev–Trinajstić information content (AvgIpc) is 3.15. The second kappa shape index (κ2) is 9.61. The van der Waals surface area contributed by atoms with Gasteiger partial charge in [0.1, 0.15) is 12.4 Å². The van der Waals surface area contributed by atoms with Crippen LogP contribution in [0.1, 0.15) is 22.5 Å². The monoisotopic (exact) mass is 470 g/mol. The third kappa shape index (κ3) is 6.14. The molecule has 2 aromatic carbocycles. The number of thioether (sulfide) groups is 1. The number of anilines is 1. The van der Waals surface area contributed by atoms with Crippen molar-refractivity contribution >= 4 is 35.0 Å². The van der Waals surface area contributed by atoms with Gasteiger partial charge in [0, 0.05) is 0 Å². The van der Waals surface area contributed by atoms with Gasteiger partial charge in [-0.2, -0.15) is 13.2 Å². The molecule has 1 aromatic heterocycles. The highest BCUT2D eigenvalue weighted by Crippen LogP contribution is 2.34. The van der Waals surface area contributed by atoms with E-state index in [1.165, 1.54) is 0 Å². The summed E-state index contributed by atoms with van der Waals surface area (Å²) in [7, 11) is 0. The number of benzene rings is 2. The Morgan fingerprint density at radius 3 is 2.61 bits per heavy atom. The molecule has 2 N–H and O–H groups in total. The van der Waals surface area contributed by atoms with E-state index in [4.69, 9.17) is 16.3 Å². The molecule has 0 atom stereocenters. The van der Waals surface area contributed by atoms with E-state index in [0.29, 0.717) is 11.0 Å². The highest BCUT2D eigenvalue weighted by molar-refractivity contribution is 7.99. The van der Waals surface area contributed by atoms with Gasteiger partial charge in [-0.1, -0.05) is 41.6 Å². The van der Waals surface area contributed by atoms with Crippen LogP contribution in [0.3, 0.4) is 0 Å². The minimum absolute atomic E-state index is 0.00942. The quantitative estimate of drug-likeness (QED) is 0.452. The molecule has 164 valence electrons. The first-order valence-electron chi connectivity index (χ1n) is 9.03. The van der Waals surface area contributed by atoms with Crippen LogP contribution >= 0.6 is 23.4 Å². The Kier molecular flexibility index (Phi) is 7.11. The summed E-state index contributed by atoms with van der Waals surface area (Å²) in [5.41, 5.74) is 0.986. The number of carbonyl (C=O) groups is 1. The van der Waals surface area contributed by atoms with Gasteiger partial charge in [-0.15, -0.1) is 5.10 Å². The maximum atomic E-state index is 12.8. The summed E-state index contributed by atoms with van der Waals surface area (Å²) in [6.07, 6.45) is -4.53. The number of hydrogen-bond acceptors (Lipinski definition) is 5. The van der Waals surface area contributed by atoms with E-state index >= 15 is 0 Å². The molecule has 3 aromatic rings. The summed E-state index contributed by atoms with van der Waals surface area (Å²) in [6.45, 7) is 4.06. The number of aromatic nitrogens is 3. The van der Waals surface area contributed by atoms with Crippen molar-refractivity contribution in [2.24, 2.45) is 0 Å². The molecule has 0 aliphatic carbocycles. The normalized spacial score (nSPS) is 11.4. The predicted molar refractivity (Wildman–Crippen MR) is 112 cm³/mol. The summed E-state index contributed by atoms with van der Waals surface area (Å²) in [5, 5.41) is 9.44. The lowest BCUT2D eigenvalue weighted by Crippen LogP contribution is -2.15. The first-order valence-corrected chi connectivity index (χ1v) is 10.4. The minimum atomic E-state index is -4.53. The number of nitrogens with zero attached hydrogens (tertiary/aromatic N) is 2. The minimum Gasteiger partial charge on any atom is -0.485 e. The lowest BCUT2D eigenvalue weighted by atomic mass is 10.1. The van der Waals surface area contributed by atoms with E-state index in [2.05, 4.69) is 20.5 Å². The molecule has 3 rings (SSSR count). The van der Waals surface area contributed by atoms with E-state index in [0.717, 1.165) is 46.8 Å². The number of carbonyl (C=O) groups excluding carboxylic acids is 1. The van der Waals surface area contributed by atoms with Crippen LogP contribution in [0.15, 0.2) is 41.6 Å². The molecule has 1 amide bonds. The largest absolute Gasteiger partial charge is 0.485 e. The third-order valence-corrected chi connectivity index (χ3v) is 5.35. The molecule has 0 saturated heterocycles. The molecular formula is C20H18ClF3N4O2S. The van der Waals surface area contributed by atoms with Gasteiger partial charge >= 0.3 is 6.18 Å². The Hall–Kier alpha value is -2.72. The van der Waals surface area contributed by atoms with Gasteiger partial charge in [-0.25, -0.2) is 4.98 Å². The highest BCUT2D eigenvalue weighted by Gasteiger charge is 2.31. The third-order valence-electron chi connectivity index (χ3n) is 4.17. The molecule has 11 heteroatoms. The van der Waals surface area contributed by atoms with Crippen molar-refractivity contribution in [2.45, 2.75) is 31.8 Å². The molecule has 1 heterocycles. The van der Waals surface area contributed by atoms with Gasteiger partial charge < -0.3 is 10.1 Å². The maximum Gasteiger partial charge on any atom is 0.416 e. The first kappa shape index (κ1) is 23.0. The fourth-order valence-corrected chi connectivity index (χ4v) is 3.47. The van der Waals surface area contributed by atoms with Crippen molar-refractivity contribution in [1.29, 1.82) is 0 Å². The van der Waals surface area contributed by atoms with E-state index in [1.54, 1.807) is 0 Å². The lowest BCUT2D eigenvalue weighted by molar-refractivity contribution is -0.137. The fraction of sp³-hybridized carbons (Fsp3) is 0.250. The van der Waals surface area contributed by atoms with Crippen LogP contribution in [-0.4, -0.2) is 26.8 Å². The average molecular weight is 471 g/mol. The van der Waals surface area contributed by atoms with E-state index in [9.17, 15) is 18.0 Å². The second-order valence-electron chi connectivity index (χ2n) is 6.60. The van der Waals surface area contributed by atoms with E-state index < -0.39 is 17.6 Å². The fourth-order valence-electron chi connectivity index (χ4n) is 2.69. The van der Waals surface area contributed by atoms with Crippen LogP contribution in [0.5, 0.6) is 5.75 Å². The van der Waals surface area contributed by atoms with Crippen LogP contribution < -0.4 is 10.1 Å². The van der Waals surface area contributed by atoms with Crippen molar-refractivity contribution < 1.29 is 22.7 Å². The lowest BCUT2D eigenvalue weighted by Gasteiger charge is -2.11. The van der Waals surface area contributed by atoms with Crippen molar-refractivity contribution in [3.63, 3.8) is 0 Å². The Labute approximate surface area is 185 Å². The molecule has 0 saturated carbocycles. The van der Waals surface area contributed by atoms with Crippen molar-refractivity contribution in [3.8, 4) is 5.75 Å². The Morgan fingerprint density at radius 2 is 1.94 bits per heavy atom. The topological polar surface area (TPSA) is 79.9 Å². The predicted octanol–water partition coefficient (Wildman–Crippen LogP) is 5.40. The zero-order valence-electron chi connectivity index (χ0n) is 16.5.